The number of pyridine rings is 1. The highest BCUT2D eigenvalue weighted by Crippen LogP contribution is 2.40. The predicted octanol–water partition coefficient (Wildman–Crippen LogP) is 4.36. The molecule has 0 atom stereocenters. The number of nitrogens with zero attached hydrogens (tertiary/aromatic N) is 1. The van der Waals surface area contributed by atoms with Crippen LogP contribution < -0.4 is 20.1 Å². The van der Waals surface area contributed by atoms with E-state index in [4.69, 9.17) is 9.47 Å². The fourth-order valence-corrected chi connectivity index (χ4v) is 4.05. The van der Waals surface area contributed by atoms with Crippen molar-refractivity contribution in [1.29, 1.82) is 0 Å². The summed E-state index contributed by atoms with van der Waals surface area (Å²) in [6, 6.07) is 6.47. The third-order valence-electron chi connectivity index (χ3n) is 6.22. The maximum absolute atomic E-state index is 13.4. The topological polar surface area (TPSA) is 89.5 Å². The molecule has 0 spiro atoms. The molecular weight excluding hydrogens is 451 g/mol. The van der Waals surface area contributed by atoms with Gasteiger partial charge in [-0.05, 0) is 56.0 Å². The molecule has 2 amide bonds. The number of carbonyl (C=O) groups excluding carboxylic acids is 2. The van der Waals surface area contributed by atoms with Gasteiger partial charge in [0.1, 0.15) is 28.4 Å². The first kappa shape index (κ1) is 23.8. The van der Waals surface area contributed by atoms with Crippen LogP contribution in [0, 0.1) is 5.92 Å². The van der Waals surface area contributed by atoms with Crippen molar-refractivity contribution in [2.75, 3.05) is 7.11 Å². The predicted molar refractivity (Wildman–Crippen MR) is 116 cm³/mol. The molecule has 2 aliphatic rings. The first-order valence-corrected chi connectivity index (χ1v) is 11.2. The maximum Gasteiger partial charge on any atom is 0.420 e. The number of methoxy groups -OCH3 is 1. The summed E-state index contributed by atoms with van der Waals surface area (Å²) in [5, 5.41) is 5.70. The lowest BCUT2D eigenvalue weighted by Gasteiger charge is -2.19. The van der Waals surface area contributed by atoms with E-state index < -0.39 is 17.3 Å². The number of aromatic nitrogens is 1. The number of alkyl halides is 3. The van der Waals surface area contributed by atoms with Crippen LogP contribution in [-0.4, -0.2) is 29.4 Å². The zero-order valence-electron chi connectivity index (χ0n) is 18.7. The van der Waals surface area contributed by atoms with Gasteiger partial charge >= 0.3 is 6.18 Å². The third-order valence-corrected chi connectivity index (χ3v) is 6.22. The highest BCUT2D eigenvalue weighted by atomic mass is 19.4. The average Bonchev–Trinajstić information content (AvgIpc) is 3.38. The largest absolute Gasteiger partial charge is 0.497 e. The molecule has 1 heterocycles. The van der Waals surface area contributed by atoms with Gasteiger partial charge < -0.3 is 20.1 Å². The van der Waals surface area contributed by atoms with Gasteiger partial charge in [0.2, 0.25) is 11.8 Å². The molecule has 0 unspecified atom stereocenters. The van der Waals surface area contributed by atoms with E-state index in [1.165, 1.54) is 31.5 Å². The quantitative estimate of drug-likeness (QED) is 0.590. The molecule has 10 heteroatoms. The van der Waals surface area contributed by atoms with Gasteiger partial charge in [0.05, 0.1) is 25.5 Å². The minimum atomic E-state index is -4.62. The molecular formula is C24H26F3N3O4. The highest BCUT2D eigenvalue weighted by Gasteiger charge is 2.51. The zero-order valence-corrected chi connectivity index (χ0v) is 18.7. The van der Waals surface area contributed by atoms with E-state index in [2.05, 4.69) is 15.6 Å². The smallest absolute Gasteiger partial charge is 0.420 e. The van der Waals surface area contributed by atoms with Gasteiger partial charge in [-0.25, -0.2) is 0 Å². The van der Waals surface area contributed by atoms with Gasteiger partial charge in [0, 0.05) is 5.92 Å². The monoisotopic (exact) mass is 477 g/mol. The molecule has 2 fully saturated rings. The molecule has 34 heavy (non-hydrogen) atoms. The lowest BCUT2D eigenvalue weighted by atomic mass is 10.1. The number of ether oxygens (including phenoxy) is 2. The van der Waals surface area contributed by atoms with E-state index in [9.17, 15) is 22.8 Å². The Morgan fingerprint density at radius 2 is 1.82 bits per heavy atom. The molecule has 2 aromatic rings. The molecule has 4 rings (SSSR count). The summed E-state index contributed by atoms with van der Waals surface area (Å²) in [5.74, 6) is -0.506. The Morgan fingerprint density at radius 3 is 2.41 bits per heavy atom. The zero-order chi connectivity index (χ0) is 24.3. The van der Waals surface area contributed by atoms with Crippen LogP contribution in [0.3, 0.4) is 0 Å². The Bertz CT molecular complexity index is 1050. The van der Waals surface area contributed by atoms with Crippen LogP contribution in [0.4, 0.5) is 13.2 Å². The Kier molecular flexibility index (Phi) is 6.67. The molecule has 0 radical (unpaired) electrons. The van der Waals surface area contributed by atoms with E-state index in [-0.39, 0.29) is 41.5 Å². The van der Waals surface area contributed by atoms with Crippen molar-refractivity contribution in [3.8, 4) is 17.2 Å². The van der Waals surface area contributed by atoms with Crippen molar-refractivity contribution in [2.24, 2.45) is 5.92 Å². The van der Waals surface area contributed by atoms with Gasteiger partial charge in [-0.1, -0.05) is 12.8 Å². The second kappa shape index (κ2) is 9.52. The summed E-state index contributed by atoms with van der Waals surface area (Å²) in [7, 11) is 1.28. The summed E-state index contributed by atoms with van der Waals surface area (Å²) >= 11 is 0. The lowest BCUT2D eigenvalue weighted by Crippen LogP contribution is -2.50. The SMILES string of the molecule is COc1ccc(Oc2ccc(CNC(=O)C3(NC(=O)C4CCCC4)CC3)nc2)c(C(F)(F)F)c1. The summed E-state index contributed by atoms with van der Waals surface area (Å²) in [6.07, 6.45) is 1.68. The molecule has 0 bridgehead atoms. The highest BCUT2D eigenvalue weighted by molar-refractivity contribution is 5.94. The van der Waals surface area contributed by atoms with Crippen LogP contribution in [0.5, 0.6) is 17.2 Å². The molecule has 2 N–H and O–H groups in total. The van der Waals surface area contributed by atoms with Crippen molar-refractivity contribution in [3.63, 3.8) is 0 Å². The summed E-state index contributed by atoms with van der Waals surface area (Å²) in [4.78, 5) is 29.2. The van der Waals surface area contributed by atoms with E-state index in [1.54, 1.807) is 6.07 Å². The first-order valence-electron chi connectivity index (χ1n) is 11.2. The van der Waals surface area contributed by atoms with Crippen molar-refractivity contribution >= 4 is 11.8 Å². The minimum Gasteiger partial charge on any atom is -0.497 e. The number of amides is 2. The third kappa shape index (κ3) is 5.43. The van der Waals surface area contributed by atoms with Crippen molar-refractivity contribution < 1.29 is 32.2 Å². The fraction of sp³-hybridized carbons (Fsp3) is 0.458. The average molecular weight is 477 g/mol. The number of nitrogens with one attached hydrogen (secondary N) is 2. The van der Waals surface area contributed by atoms with Crippen LogP contribution >= 0.6 is 0 Å². The molecule has 182 valence electrons. The van der Waals surface area contributed by atoms with Crippen LogP contribution in [0.1, 0.15) is 49.8 Å². The Labute approximate surface area is 195 Å². The molecule has 7 nitrogen and oxygen atoms in total. The Hall–Kier alpha value is -3.30. The standard InChI is InChI=1S/C24H26F3N3O4/c1-33-17-8-9-20(19(12-17)24(25,26)27)34-18-7-6-16(28-14-18)13-29-22(32)23(10-11-23)30-21(31)15-4-2-3-5-15/h6-9,12,14-15H,2-5,10-11,13H2,1H3,(H,29,32)(H,30,31). The van der Waals surface area contributed by atoms with Crippen molar-refractivity contribution in [2.45, 2.75) is 56.8 Å². The Morgan fingerprint density at radius 1 is 1.12 bits per heavy atom. The second-order valence-electron chi connectivity index (χ2n) is 8.68. The number of carbonyl (C=O) groups is 2. The molecule has 1 aromatic carbocycles. The Balaban J connectivity index is 1.34. The van der Waals surface area contributed by atoms with E-state index in [0.717, 1.165) is 31.7 Å². The second-order valence-corrected chi connectivity index (χ2v) is 8.68. The fourth-order valence-electron chi connectivity index (χ4n) is 4.05. The maximum atomic E-state index is 13.4. The number of halogens is 3. The molecule has 0 aliphatic heterocycles. The van der Waals surface area contributed by atoms with Crippen LogP contribution in [0.2, 0.25) is 0 Å². The number of benzene rings is 1. The van der Waals surface area contributed by atoms with E-state index in [0.29, 0.717) is 18.5 Å². The minimum absolute atomic E-state index is 0.0111. The number of rotatable bonds is 8. The number of hydrogen-bond donors (Lipinski definition) is 2. The molecule has 2 saturated carbocycles. The van der Waals surface area contributed by atoms with Gasteiger partial charge in [-0.2, -0.15) is 13.2 Å². The first-order chi connectivity index (χ1) is 16.2. The summed E-state index contributed by atoms with van der Waals surface area (Å²) in [6.45, 7) is 0.122. The van der Waals surface area contributed by atoms with Gasteiger partial charge in [0.25, 0.3) is 0 Å². The summed E-state index contributed by atoms with van der Waals surface area (Å²) in [5.41, 5.74) is -1.30. The van der Waals surface area contributed by atoms with Crippen molar-refractivity contribution in [1.82, 2.24) is 15.6 Å². The number of hydrogen-bond acceptors (Lipinski definition) is 5. The van der Waals surface area contributed by atoms with Crippen LogP contribution in [0.15, 0.2) is 36.5 Å². The van der Waals surface area contributed by atoms with Crippen LogP contribution in [-0.2, 0) is 22.3 Å². The lowest BCUT2D eigenvalue weighted by molar-refractivity contribution is -0.138. The summed E-state index contributed by atoms with van der Waals surface area (Å²) < 4.78 is 50.3. The van der Waals surface area contributed by atoms with Gasteiger partial charge in [-0.15, -0.1) is 0 Å². The molecule has 0 saturated heterocycles. The molecule has 2 aliphatic carbocycles. The van der Waals surface area contributed by atoms with E-state index in [1.807, 2.05) is 0 Å². The van der Waals surface area contributed by atoms with E-state index >= 15 is 0 Å². The van der Waals surface area contributed by atoms with Gasteiger partial charge in [0.15, 0.2) is 0 Å². The van der Waals surface area contributed by atoms with Crippen LogP contribution in [0.25, 0.3) is 0 Å². The normalized spacial score (nSPS) is 17.2. The molecule has 1 aromatic heterocycles. The van der Waals surface area contributed by atoms with Gasteiger partial charge in [-0.3, -0.25) is 14.6 Å². The van der Waals surface area contributed by atoms with Crippen molar-refractivity contribution in [3.05, 3.63) is 47.8 Å².